The largest absolute Gasteiger partial charge is 0.872 e. The average Bonchev–Trinajstić information content (AvgIpc) is 4.02. The maximum absolute atomic E-state index is 11.8. The third-order valence-electron chi connectivity index (χ3n) is 13.7. The van der Waals surface area contributed by atoms with Crippen molar-refractivity contribution in [3.8, 4) is 5.75 Å². The standard InChI is InChI=1S/2C18H15S.C12H22O3.C8H12O4S.C8H8O3/c2*1-4-10-16(11-5-1)19(17-12-6-2-7-13-17)18-14-8-3-9-15-18;1-4-12(2,3)15-11(14)9-5-7-10(13)8-6-9;9-7-3-6-1-2-8(7,4-6)5-13(10,11)12;1-5-2-3-6(8(10)11)7(9)4-5/h2*1-15H;9-10,13H,4-8H2,1-3H3;6H,1-5H2,(H,10,11,12);2-4,9H,1H3,(H,10,11)/q2*+1;;;/p-2. The van der Waals surface area contributed by atoms with Gasteiger partial charge in [0.1, 0.15) is 11.4 Å². The summed E-state index contributed by atoms with van der Waals surface area (Å²) in [6.45, 7) is 7.62. The number of carbonyl (C=O) groups excluding carboxylic acids is 2. The molecule has 0 aromatic heterocycles. The van der Waals surface area contributed by atoms with E-state index in [2.05, 4.69) is 182 Å². The van der Waals surface area contributed by atoms with E-state index in [1.807, 2.05) is 20.8 Å². The van der Waals surface area contributed by atoms with Gasteiger partial charge in [0.25, 0.3) is 0 Å². The first-order chi connectivity index (χ1) is 36.9. The lowest BCUT2D eigenvalue weighted by molar-refractivity contribution is -0.268. The highest BCUT2D eigenvalue weighted by Gasteiger charge is 2.52. The van der Waals surface area contributed by atoms with E-state index in [1.165, 1.54) is 41.5 Å². The van der Waals surface area contributed by atoms with E-state index in [0.29, 0.717) is 25.2 Å². The summed E-state index contributed by atoms with van der Waals surface area (Å²) in [7, 11) is -4.28. The van der Waals surface area contributed by atoms with Crippen molar-refractivity contribution in [2.75, 3.05) is 5.75 Å². The molecule has 10 nitrogen and oxygen atoms in total. The Labute approximate surface area is 461 Å². The Balaban J connectivity index is 0.000000158. The van der Waals surface area contributed by atoms with Crippen LogP contribution in [-0.4, -0.2) is 58.4 Å². The molecule has 0 amide bonds. The molecule has 7 aromatic carbocycles. The molecular weight excluding hydrogens is 1020 g/mol. The van der Waals surface area contributed by atoms with Crippen LogP contribution in [0.25, 0.3) is 0 Å². The van der Waals surface area contributed by atoms with Gasteiger partial charge in [0, 0.05) is 11.8 Å². The van der Waals surface area contributed by atoms with Gasteiger partial charge in [-0.25, -0.2) is 13.2 Å². The van der Waals surface area contributed by atoms with Crippen LogP contribution in [0, 0.1) is 24.2 Å². The number of aliphatic hydroxyl groups excluding tert-OH is 1. The first kappa shape index (κ1) is 59.8. The van der Waals surface area contributed by atoms with Crippen LogP contribution < -0.4 is 5.11 Å². The van der Waals surface area contributed by atoms with Crippen molar-refractivity contribution in [2.24, 2.45) is 17.3 Å². The summed E-state index contributed by atoms with van der Waals surface area (Å²) < 4.78 is 37.3. The van der Waals surface area contributed by atoms with Crippen molar-refractivity contribution in [3.63, 3.8) is 0 Å². The fourth-order valence-electron chi connectivity index (χ4n) is 9.39. The summed E-state index contributed by atoms with van der Waals surface area (Å²) in [5, 5.41) is 28.7. The number of esters is 1. The zero-order valence-corrected chi connectivity index (χ0v) is 46.7. The number of benzene rings is 7. The molecule has 2 N–H and O–H groups in total. The van der Waals surface area contributed by atoms with Gasteiger partial charge in [-0.2, -0.15) is 0 Å². The zero-order valence-electron chi connectivity index (χ0n) is 44.2. The zero-order chi connectivity index (χ0) is 55.4. The summed E-state index contributed by atoms with van der Waals surface area (Å²) in [5.74, 6) is -1.84. The number of carboxylic acid groups (broad SMARTS) is 1. The molecule has 3 aliphatic carbocycles. The molecule has 3 fully saturated rings. The van der Waals surface area contributed by atoms with Gasteiger partial charge in [0.15, 0.2) is 29.4 Å². The van der Waals surface area contributed by atoms with E-state index in [4.69, 9.17) is 9.84 Å². The molecule has 3 saturated carbocycles. The van der Waals surface area contributed by atoms with Crippen LogP contribution in [0.2, 0.25) is 0 Å². The molecule has 2 bridgehead atoms. The quantitative estimate of drug-likeness (QED) is 0.0679. The number of ketones is 1. The van der Waals surface area contributed by atoms with Crippen LogP contribution in [0.15, 0.2) is 230 Å². The predicted molar refractivity (Wildman–Crippen MR) is 303 cm³/mol. The number of aryl methyl sites for hydroxylation is 1. The van der Waals surface area contributed by atoms with Crippen LogP contribution >= 0.6 is 0 Å². The van der Waals surface area contributed by atoms with E-state index in [9.17, 15) is 37.6 Å². The van der Waals surface area contributed by atoms with Gasteiger partial charge < -0.3 is 24.6 Å². The number of rotatable bonds is 12. The molecule has 0 spiro atoms. The Morgan fingerprint density at radius 3 is 1.30 bits per heavy atom. The smallest absolute Gasteiger partial charge is 0.335 e. The molecule has 10 rings (SSSR count). The molecule has 404 valence electrons. The Bertz CT molecular complexity index is 2720. The predicted octanol–water partition coefficient (Wildman–Crippen LogP) is 12.9. The van der Waals surface area contributed by atoms with Crippen molar-refractivity contribution >= 4 is 49.6 Å². The molecule has 13 heteroatoms. The van der Waals surface area contributed by atoms with Crippen LogP contribution in [0.3, 0.4) is 0 Å². The van der Waals surface area contributed by atoms with E-state index in [0.717, 1.165) is 44.1 Å². The minimum atomic E-state index is -4.26. The lowest BCUT2D eigenvalue weighted by atomic mass is 9.85. The molecule has 2 unspecified atom stereocenters. The number of hydrogen-bond donors (Lipinski definition) is 2. The first-order valence-corrected chi connectivity index (χ1v) is 30.1. The fraction of sp³-hybridized carbons (Fsp3) is 0.297. The topological polar surface area (TPSA) is 181 Å². The number of carbonyl (C=O) groups is 3. The summed E-state index contributed by atoms with van der Waals surface area (Å²) in [5.41, 5.74) is -0.533. The van der Waals surface area contributed by atoms with Crippen molar-refractivity contribution in [3.05, 3.63) is 211 Å². The number of Topliss-reactive ketones (excluding diaryl/α,β-unsaturated/α-hetero) is 1. The van der Waals surface area contributed by atoms with Gasteiger partial charge in [-0.15, -0.1) is 0 Å². The molecule has 0 radical (unpaired) electrons. The third-order valence-corrected chi connectivity index (χ3v) is 19.1. The van der Waals surface area contributed by atoms with Crippen molar-refractivity contribution in [1.29, 1.82) is 0 Å². The summed E-state index contributed by atoms with van der Waals surface area (Å²) in [6.07, 6.45) is 6.20. The van der Waals surface area contributed by atoms with Crippen molar-refractivity contribution in [2.45, 2.75) is 127 Å². The first-order valence-electron chi connectivity index (χ1n) is 26.0. The van der Waals surface area contributed by atoms with Gasteiger partial charge in [0.05, 0.1) is 55.2 Å². The molecule has 0 saturated heterocycles. The Kier molecular flexibility index (Phi) is 22.3. The lowest BCUT2D eigenvalue weighted by Gasteiger charge is -2.29. The molecule has 7 aromatic rings. The average molecular weight is 1100 g/mol. The molecule has 77 heavy (non-hydrogen) atoms. The van der Waals surface area contributed by atoms with Crippen LogP contribution in [0.5, 0.6) is 5.75 Å². The van der Waals surface area contributed by atoms with Gasteiger partial charge in [-0.1, -0.05) is 140 Å². The second kappa shape index (κ2) is 28.8. The van der Waals surface area contributed by atoms with Crippen LogP contribution in [-0.2, 0) is 46.2 Å². The molecule has 0 heterocycles. The SMILES string of the molecule is CCC(C)(C)OC(=O)C1CCC(O)CC1.Cc1ccc(C(=O)O)c([O-])c1.O=C1CC2CCC1(CS(=O)(=O)[O-])C2.c1ccc([S+](c2ccccc2)c2ccccc2)cc1.c1ccc([S+](c2ccccc2)c2ccccc2)cc1. The Morgan fingerprint density at radius 1 is 0.636 bits per heavy atom. The lowest BCUT2D eigenvalue weighted by Crippen LogP contribution is -2.33. The van der Waals surface area contributed by atoms with E-state index in [-0.39, 0.29) is 56.7 Å². The number of aliphatic hydroxyl groups is 1. The second-order valence-corrected chi connectivity index (χ2v) is 25.5. The fourth-order valence-corrected chi connectivity index (χ4v) is 14.7. The van der Waals surface area contributed by atoms with Gasteiger partial charge in [-0.3, -0.25) is 9.59 Å². The summed E-state index contributed by atoms with van der Waals surface area (Å²) in [6, 6.07) is 68.5. The minimum absolute atomic E-state index is 0.000718. The maximum Gasteiger partial charge on any atom is 0.335 e. The monoisotopic (exact) mass is 1090 g/mol. The van der Waals surface area contributed by atoms with E-state index in [1.54, 1.807) is 13.0 Å². The van der Waals surface area contributed by atoms with Gasteiger partial charge in [0.2, 0.25) is 0 Å². The van der Waals surface area contributed by atoms with Crippen LogP contribution in [0.1, 0.15) is 94.5 Å². The molecule has 0 aliphatic heterocycles. The van der Waals surface area contributed by atoms with Crippen molar-refractivity contribution in [1.82, 2.24) is 0 Å². The Hall–Kier alpha value is -6.48. The highest BCUT2D eigenvalue weighted by Crippen LogP contribution is 2.52. The van der Waals surface area contributed by atoms with Gasteiger partial charge >= 0.3 is 11.9 Å². The Morgan fingerprint density at radius 2 is 1.01 bits per heavy atom. The minimum Gasteiger partial charge on any atom is -0.872 e. The van der Waals surface area contributed by atoms with E-state index < -0.39 is 33.0 Å². The molecular formula is C64H70O10S3. The highest BCUT2D eigenvalue weighted by molar-refractivity contribution is 7.97. The van der Waals surface area contributed by atoms with Crippen LogP contribution in [0.4, 0.5) is 0 Å². The van der Waals surface area contributed by atoms with E-state index >= 15 is 0 Å². The van der Waals surface area contributed by atoms with Gasteiger partial charge in [-0.05, 0) is 157 Å². The molecule has 3 aliphatic rings. The second-order valence-electron chi connectivity index (χ2n) is 20.1. The number of aromatic carboxylic acids is 1. The van der Waals surface area contributed by atoms with Crippen molar-refractivity contribution < 1.29 is 47.4 Å². The molecule has 2 atom stereocenters. The normalized spacial score (nSPS) is 18.4. The number of ether oxygens (including phenoxy) is 1. The highest BCUT2D eigenvalue weighted by atomic mass is 32.2. The number of hydrogen-bond acceptors (Lipinski definition) is 9. The summed E-state index contributed by atoms with van der Waals surface area (Å²) >= 11 is 0. The number of carboxylic acids is 1. The maximum atomic E-state index is 11.8. The third kappa shape index (κ3) is 18.3. The number of fused-ring (bicyclic) bond motifs is 2. The summed E-state index contributed by atoms with van der Waals surface area (Å²) in [4.78, 5) is 41.7.